The first-order valence-electron chi connectivity index (χ1n) is 9.22. The second-order valence-electron chi connectivity index (χ2n) is 7.22. The molecule has 2 aromatic rings. The monoisotopic (exact) mass is 369 g/mol. The summed E-state index contributed by atoms with van der Waals surface area (Å²) >= 11 is 0. The molecule has 1 N–H and O–H groups in total. The van der Waals surface area contributed by atoms with Crippen molar-refractivity contribution in [1.82, 2.24) is 15.0 Å². The van der Waals surface area contributed by atoms with E-state index in [1.165, 1.54) is 0 Å². The Morgan fingerprint density at radius 1 is 1.41 bits per heavy atom. The predicted octanol–water partition coefficient (Wildman–Crippen LogP) is 2.27. The number of carbonyl (C=O) groups excluding carboxylic acids is 2. The molecule has 1 atom stereocenters. The number of likely N-dealkylation sites (tertiary alicyclic amines) is 1. The molecular weight excluding hydrogens is 346 g/mol. The number of aryl methyl sites for hydroxylation is 2. The molecule has 2 aromatic heterocycles. The summed E-state index contributed by atoms with van der Waals surface area (Å²) in [5.41, 5.74) is 2.75. The van der Waals surface area contributed by atoms with Crippen LogP contribution in [0.25, 0.3) is 0 Å². The van der Waals surface area contributed by atoms with E-state index in [4.69, 9.17) is 4.52 Å². The van der Waals surface area contributed by atoms with E-state index in [-0.39, 0.29) is 24.4 Å². The molecule has 0 radical (unpaired) electrons. The van der Waals surface area contributed by atoms with Gasteiger partial charge in [-0.25, -0.2) is 4.98 Å². The SMILES string of the molecule is Cc1noc(C)c1CN1C(=O)CNc2ncc(C(=O)N3CCCC3C)cc21. The van der Waals surface area contributed by atoms with Gasteiger partial charge in [-0.3, -0.25) is 9.59 Å². The van der Waals surface area contributed by atoms with Gasteiger partial charge in [0, 0.05) is 24.3 Å². The number of hydrogen-bond donors (Lipinski definition) is 1. The van der Waals surface area contributed by atoms with Crippen LogP contribution in [-0.4, -0.2) is 46.0 Å². The number of pyridine rings is 1. The number of nitrogens with one attached hydrogen (secondary N) is 1. The van der Waals surface area contributed by atoms with Gasteiger partial charge in [0.15, 0.2) is 5.82 Å². The van der Waals surface area contributed by atoms with Crippen molar-refractivity contribution in [3.05, 3.63) is 34.8 Å². The van der Waals surface area contributed by atoms with E-state index in [1.54, 1.807) is 17.2 Å². The predicted molar refractivity (Wildman–Crippen MR) is 99.6 cm³/mol. The molecule has 4 heterocycles. The lowest BCUT2D eigenvalue weighted by atomic mass is 10.1. The fraction of sp³-hybridized carbons (Fsp3) is 0.474. The zero-order valence-electron chi connectivity index (χ0n) is 15.8. The largest absolute Gasteiger partial charge is 0.361 e. The Balaban J connectivity index is 1.68. The zero-order valence-corrected chi connectivity index (χ0v) is 15.8. The van der Waals surface area contributed by atoms with Crippen LogP contribution in [0.4, 0.5) is 11.5 Å². The number of anilines is 2. The third kappa shape index (κ3) is 3.05. The fourth-order valence-corrected chi connectivity index (χ4v) is 3.76. The van der Waals surface area contributed by atoms with E-state index >= 15 is 0 Å². The van der Waals surface area contributed by atoms with Gasteiger partial charge in [0.05, 0.1) is 30.0 Å². The number of fused-ring (bicyclic) bond motifs is 1. The Labute approximate surface area is 157 Å². The Kier molecular flexibility index (Phi) is 4.33. The second-order valence-corrected chi connectivity index (χ2v) is 7.22. The fourth-order valence-electron chi connectivity index (χ4n) is 3.76. The first-order valence-corrected chi connectivity index (χ1v) is 9.22. The maximum Gasteiger partial charge on any atom is 0.255 e. The molecule has 2 aliphatic heterocycles. The molecule has 27 heavy (non-hydrogen) atoms. The minimum atomic E-state index is -0.0801. The molecule has 2 aliphatic rings. The van der Waals surface area contributed by atoms with E-state index < -0.39 is 0 Å². The highest BCUT2D eigenvalue weighted by atomic mass is 16.5. The van der Waals surface area contributed by atoms with Crippen LogP contribution in [0.1, 0.15) is 47.1 Å². The van der Waals surface area contributed by atoms with E-state index in [1.807, 2.05) is 18.7 Å². The van der Waals surface area contributed by atoms with E-state index in [0.29, 0.717) is 29.4 Å². The van der Waals surface area contributed by atoms with Gasteiger partial charge in [-0.05, 0) is 39.7 Å². The van der Waals surface area contributed by atoms with Crippen molar-refractivity contribution in [3.8, 4) is 0 Å². The van der Waals surface area contributed by atoms with Gasteiger partial charge in [0.1, 0.15) is 5.76 Å². The van der Waals surface area contributed by atoms with Crippen molar-refractivity contribution in [2.45, 2.75) is 46.2 Å². The molecule has 0 bridgehead atoms. The standard InChI is InChI=1S/C19H23N5O3/c1-11-5-4-6-23(11)19(26)14-7-16-18(20-8-14)21-9-17(25)24(16)10-15-12(2)22-27-13(15)3/h7-8,11H,4-6,9-10H2,1-3H3,(H,20,21). The van der Waals surface area contributed by atoms with Crippen molar-refractivity contribution in [2.24, 2.45) is 0 Å². The van der Waals surface area contributed by atoms with Crippen LogP contribution >= 0.6 is 0 Å². The molecular formula is C19H23N5O3. The number of hydrogen-bond acceptors (Lipinski definition) is 6. The molecule has 1 saturated heterocycles. The number of carbonyl (C=O) groups is 2. The molecule has 8 heteroatoms. The molecule has 0 aliphatic carbocycles. The first kappa shape index (κ1) is 17.5. The smallest absolute Gasteiger partial charge is 0.255 e. The van der Waals surface area contributed by atoms with E-state index in [0.717, 1.165) is 30.6 Å². The average molecular weight is 369 g/mol. The van der Waals surface area contributed by atoms with Gasteiger partial charge >= 0.3 is 0 Å². The lowest BCUT2D eigenvalue weighted by Gasteiger charge is -2.30. The molecule has 0 aromatic carbocycles. The van der Waals surface area contributed by atoms with Gasteiger partial charge in [-0.2, -0.15) is 0 Å². The summed E-state index contributed by atoms with van der Waals surface area (Å²) in [5, 5.41) is 6.99. The second kappa shape index (κ2) is 6.68. The van der Waals surface area contributed by atoms with Crippen LogP contribution in [0.3, 0.4) is 0 Å². The third-order valence-corrected chi connectivity index (χ3v) is 5.42. The Hall–Kier alpha value is -2.90. The maximum atomic E-state index is 12.9. The summed E-state index contributed by atoms with van der Waals surface area (Å²) in [5.74, 6) is 1.17. The van der Waals surface area contributed by atoms with Crippen molar-refractivity contribution in [2.75, 3.05) is 23.3 Å². The van der Waals surface area contributed by atoms with Crippen LogP contribution in [0, 0.1) is 13.8 Å². The summed E-state index contributed by atoms with van der Waals surface area (Å²) in [7, 11) is 0. The molecule has 0 spiro atoms. The Bertz CT molecular complexity index is 887. The van der Waals surface area contributed by atoms with Gasteiger partial charge in [0.25, 0.3) is 5.91 Å². The quantitative estimate of drug-likeness (QED) is 0.892. The minimum absolute atomic E-state index is 0.0365. The highest BCUT2D eigenvalue weighted by molar-refractivity contribution is 6.04. The van der Waals surface area contributed by atoms with Crippen molar-refractivity contribution in [1.29, 1.82) is 0 Å². The van der Waals surface area contributed by atoms with Gasteiger partial charge in [0.2, 0.25) is 5.91 Å². The van der Waals surface area contributed by atoms with E-state index in [9.17, 15) is 9.59 Å². The van der Waals surface area contributed by atoms with Crippen LogP contribution in [0.15, 0.2) is 16.8 Å². The normalized spacial score (nSPS) is 19.2. The summed E-state index contributed by atoms with van der Waals surface area (Å²) in [4.78, 5) is 33.4. The average Bonchev–Trinajstić information content (AvgIpc) is 3.22. The minimum Gasteiger partial charge on any atom is -0.361 e. The molecule has 1 fully saturated rings. The summed E-state index contributed by atoms with van der Waals surface area (Å²) < 4.78 is 5.22. The van der Waals surface area contributed by atoms with Crippen LogP contribution in [-0.2, 0) is 11.3 Å². The zero-order chi connectivity index (χ0) is 19.1. The van der Waals surface area contributed by atoms with Crippen LogP contribution in [0.2, 0.25) is 0 Å². The highest BCUT2D eigenvalue weighted by Crippen LogP contribution is 2.32. The van der Waals surface area contributed by atoms with Crippen LogP contribution in [0.5, 0.6) is 0 Å². The Morgan fingerprint density at radius 3 is 2.89 bits per heavy atom. The maximum absolute atomic E-state index is 12.9. The van der Waals surface area contributed by atoms with Crippen LogP contribution < -0.4 is 10.2 Å². The van der Waals surface area contributed by atoms with E-state index in [2.05, 4.69) is 22.4 Å². The topological polar surface area (TPSA) is 91.6 Å². The van der Waals surface area contributed by atoms with Gasteiger partial charge in [-0.1, -0.05) is 5.16 Å². The number of nitrogens with zero attached hydrogens (tertiary/aromatic N) is 4. The molecule has 2 amide bonds. The number of amides is 2. The number of rotatable bonds is 3. The molecule has 4 rings (SSSR count). The lowest BCUT2D eigenvalue weighted by Crippen LogP contribution is -2.40. The lowest BCUT2D eigenvalue weighted by molar-refractivity contribution is -0.117. The molecule has 1 unspecified atom stereocenters. The van der Waals surface area contributed by atoms with Crippen molar-refractivity contribution >= 4 is 23.3 Å². The van der Waals surface area contributed by atoms with Gasteiger partial charge < -0.3 is 19.6 Å². The third-order valence-electron chi connectivity index (χ3n) is 5.42. The molecule has 142 valence electrons. The molecule has 8 nitrogen and oxygen atoms in total. The molecule has 0 saturated carbocycles. The Morgan fingerprint density at radius 2 is 2.22 bits per heavy atom. The first-order chi connectivity index (χ1) is 13.0. The highest BCUT2D eigenvalue weighted by Gasteiger charge is 2.30. The number of aromatic nitrogens is 2. The summed E-state index contributed by atoms with van der Waals surface area (Å²) in [6.45, 7) is 7.01. The van der Waals surface area contributed by atoms with Gasteiger partial charge in [-0.15, -0.1) is 0 Å². The van der Waals surface area contributed by atoms with Crippen molar-refractivity contribution in [3.63, 3.8) is 0 Å². The summed E-state index contributed by atoms with van der Waals surface area (Å²) in [6, 6.07) is 1.99. The van der Waals surface area contributed by atoms with Crippen molar-refractivity contribution < 1.29 is 14.1 Å². The summed E-state index contributed by atoms with van der Waals surface area (Å²) in [6.07, 6.45) is 3.62.